The zero-order chi connectivity index (χ0) is 17.0. The van der Waals surface area contributed by atoms with Crippen molar-refractivity contribution >= 4 is 17.5 Å². The lowest BCUT2D eigenvalue weighted by Crippen LogP contribution is -2.54. The lowest BCUT2D eigenvalue weighted by Gasteiger charge is -2.35. The van der Waals surface area contributed by atoms with Crippen molar-refractivity contribution in [2.75, 3.05) is 31.6 Å². The minimum absolute atomic E-state index is 0.00873. The molecule has 1 aromatic carbocycles. The molecule has 23 heavy (non-hydrogen) atoms. The molecule has 0 bridgehead atoms. The van der Waals surface area contributed by atoms with Crippen LogP contribution in [0.25, 0.3) is 0 Å². The van der Waals surface area contributed by atoms with Gasteiger partial charge < -0.3 is 19.6 Å². The quantitative estimate of drug-likeness (QED) is 0.887. The van der Waals surface area contributed by atoms with E-state index in [0.717, 1.165) is 5.69 Å². The van der Waals surface area contributed by atoms with Crippen LogP contribution in [0, 0.1) is 5.92 Å². The van der Waals surface area contributed by atoms with E-state index in [4.69, 9.17) is 4.74 Å². The van der Waals surface area contributed by atoms with E-state index in [1.54, 1.807) is 18.1 Å². The SMILES string of the molecule is COc1cccc(N2CCN(C(=O)[C@@H](O)CC(C)C)CC2=O)c1. The van der Waals surface area contributed by atoms with Gasteiger partial charge in [0.25, 0.3) is 5.91 Å². The third-order valence-electron chi connectivity index (χ3n) is 3.88. The molecule has 1 aliphatic rings. The van der Waals surface area contributed by atoms with Crippen LogP contribution in [0.5, 0.6) is 5.75 Å². The van der Waals surface area contributed by atoms with Crippen molar-refractivity contribution in [1.29, 1.82) is 0 Å². The Balaban J connectivity index is 2.02. The van der Waals surface area contributed by atoms with Gasteiger partial charge in [0.1, 0.15) is 18.4 Å². The van der Waals surface area contributed by atoms with Gasteiger partial charge in [0.05, 0.1) is 7.11 Å². The number of ether oxygens (including phenoxy) is 1. The van der Waals surface area contributed by atoms with Gasteiger partial charge in [-0.1, -0.05) is 19.9 Å². The van der Waals surface area contributed by atoms with Crippen LogP contribution in [0.4, 0.5) is 5.69 Å². The number of aliphatic hydroxyl groups excluding tert-OH is 1. The topological polar surface area (TPSA) is 70.1 Å². The largest absolute Gasteiger partial charge is 0.497 e. The van der Waals surface area contributed by atoms with E-state index in [2.05, 4.69) is 0 Å². The standard InChI is InChI=1S/C17H24N2O4/c1-12(2)9-15(20)17(22)18-7-8-19(16(21)11-18)13-5-4-6-14(10-13)23-3/h4-6,10,12,15,20H,7-9,11H2,1-3H3/t15-/m0/s1. The highest BCUT2D eigenvalue weighted by Crippen LogP contribution is 2.23. The lowest BCUT2D eigenvalue weighted by molar-refractivity contribution is -0.144. The molecule has 0 spiro atoms. The van der Waals surface area contributed by atoms with Crippen LogP contribution in [-0.4, -0.2) is 54.7 Å². The smallest absolute Gasteiger partial charge is 0.251 e. The minimum atomic E-state index is -1.04. The van der Waals surface area contributed by atoms with Crippen LogP contribution in [0.2, 0.25) is 0 Å². The summed E-state index contributed by atoms with van der Waals surface area (Å²) < 4.78 is 5.17. The van der Waals surface area contributed by atoms with Crippen molar-refractivity contribution in [3.05, 3.63) is 24.3 Å². The summed E-state index contributed by atoms with van der Waals surface area (Å²) in [7, 11) is 1.58. The summed E-state index contributed by atoms with van der Waals surface area (Å²) in [6, 6.07) is 7.27. The van der Waals surface area contributed by atoms with Crippen molar-refractivity contribution < 1.29 is 19.4 Å². The van der Waals surface area contributed by atoms with Crippen molar-refractivity contribution in [2.24, 2.45) is 5.92 Å². The normalized spacial score (nSPS) is 16.7. The van der Waals surface area contributed by atoms with Crippen LogP contribution in [0.3, 0.4) is 0 Å². The fourth-order valence-electron chi connectivity index (χ4n) is 2.67. The number of nitrogens with zero attached hydrogens (tertiary/aromatic N) is 2. The zero-order valence-corrected chi connectivity index (χ0v) is 13.9. The Hall–Kier alpha value is -2.08. The van der Waals surface area contributed by atoms with E-state index in [-0.39, 0.29) is 24.3 Å². The number of piperazine rings is 1. The molecule has 0 aromatic heterocycles. The zero-order valence-electron chi connectivity index (χ0n) is 13.9. The Morgan fingerprint density at radius 3 is 2.70 bits per heavy atom. The Morgan fingerprint density at radius 2 is 2.09 bits per heavy atom. The van der Waals surface area contributed by atoms with Crippen LogP contribution >= 0.6 is 0 Å². The first-order valence-corrected chi connectivity index (χ1v) is 7.83. The van der Waals surface area contributed by atoms with E-state index < -0.39 is 6.10 Å². The second-order valence-corrected chi connectivity index (χ2v) is 6.15. The van der Waals surface area contributed by atoms with Crippen molar-refractivity contribution in [3.63, 3.8) is 0 Å². The van der Waals surface area contributed by atoms with Gasteiger partial charge >= 0.3 is 0 Å². The third-order valence-corrected chi connectivity index (χ3v) is 3.88. The number of rotatable bonds is 5. The Kier molecular flexibility index (Phi) is 5.60. The molecule has 1 heterocycles. The van der Waals surface area contributed by atoms with Gasteiger partial charge in [0, 0.05) is 24.8 Å². The molecule has 0 aliphatic carbocycles. The second-order valence-electron chi connectivity index (χ2n) is 6.15. The maximum absolute atomic E-state index is 12.4. The Labute approximate surface area is 136 Å². The van der Waals surface area contributed by atoms with Gasteiger partial charge in [-0.25, -0.2) is 0 Å². The van der Waals surface area contributed by atoms with Crippen molar-refractivity contribution in [1.82, 2.24) is 4.90 Å². The predicted octanol–water partition coefficient (Wildman–Crippen LogP) is 1.28. The molecule has 1 fully saturated rings. The Morgan fingerprint density at radius 1 is 1.35 bits per heavy atom. The Bertz CT molecular complexity index is 573. The van der Waals surface area contributed by atoms with Crippen molar-refractivity contribution in [3.8, 4) is 5.75 Å². The molecule has 6 heteroatoms. The summed E-state index contributed by atoms with van der Waals surface area (Å²) in [4.78, 5) is 27.6. The van der Waals surface area contributed by atoms with Crippen molar-refractivity contribution in [2.45, 2.75) is 26.4 Å². The maximum Gasteiger partial charge on any atom is 0.251 e. The van der Waals surface area contributed by atoms with E-state index in [0.29, 0.717) is 25.3 Å². The number of methoxy groups -OCH3 is 1. The first-order valence-electron chi connectivity index (χ1n) is 7.83. The first-order chi connectivity index (χ1) is 10.9. The number of carbonyl (C=O) groups excluding carboxylic acids is 2. The van der Waals surface area contributed by atoms with Gasteiger partial charge in [-0.3, -0.25) is 9.59 Å². The molecule has 1 aliphatic heterocycles. The number of carbonyl (C=O) groups is 2. The molecule has 1 saturated heterocycles. The average molecular weight is 320 g/mol. The van der Waals surface area contributed by atoms with Crippen LogP contribution in [0.1, 0.15) is 20.3 Å². The van der Waals surface area contributed by atoms with Gasteiger partial charge in [-0.2, -0.15) is 0 Å². The molecular weight excluding hydrogens is 296 g/mol. The molecule has 0 saturated carbocycles. The fraction of sp³-hybridized carbons (Fsp3) is 0.529. The highest BCUT2D eigenvalue weighted by Gasteiger charge is 2.31. The number of hydrogen-bond acceptors (Lipinski definition) is 4. The predicted molar refractivity (Wildman–Crippen MR) is 87.4 cm³/mol. The number of anilines is 1. The van der Waals surface area contributed by atoms with Gasteiger partial charge in [-0.05, 0) is 24.5 Å². The molecular formula is C17H24N2O4. The number of amides is 2. The molecule has 6 nitrogen and oxygen atoms in total. The monoisotopic (exact) mass is 320 g/mol. The maximum atomic E-state index is 12.4. The lowest BCUT2D eigenvalue weighted by atomic mass is 10.0. The van der Waals surface area contributed by atoms with E-state index in [9.17, 15) is 14.7 Å². The minimum Gasteiger partial charge on any atom is -0.497 e. The van der Waals surface area contributed by atoms with E-state index in [1.807, 2.05) is 32.0 Å². The summed E-state index contributed by atoms with van der Waals surface area (Å²) in [6.45, 7) is 4.71. The van der Waals surface area contributed by atoms with E-state index in [1.165, 1.54) is 4.90 Å². The van der Waals surface area contributed by atoms with Crippen LogP contribution < -0.4 is 9.64 Å². The van der Waals surface area contributed by atoms with Crippen LogP contribution in [0.15, 0.2) is 24.3 Å². The summed E-state index contributed by atoms with van der Waals surface area (Å²) in [5.41, 5.74) is 0.754. The molecule has 1 N–H and O–H groups in total. The molecule has 0 radical (unpaired) electrons. The molecule has 1 aromatic rings. The average Bonchev–Trinajstić information content (AvgIpc) is 2.53. The number of hydrogen-bond donors (Lipinski definition) is 1. The van der Waals surface area contributed by atoms with E-state index >= 15 is 0 Å². The fourth-order valence-corrected chi connectivity index (χ4v) is 2.67. The molecule has 1 atom stereocenters. The summed E-state index contributed by atoms with van der Waals surface area (Å²) >= 11 is 0. The summed E-state index contributed by atoms with van der Waals surface area (Å²) in [6.07, 6.45) is -0.630. The highest BCUT2D eigenvalue weighted by molar-refractivity contribution is 5.98. The van der Waals surface area contributed by atoms with Crippen LogP contribution in [-0.2, 0) is 9.59 Å². The van der Waals surface area contributed by atoms with Gasteiger partial charge in [-0.15, -0.1) is 0 Å². The molecule has 2 amide bonds. The number of aliphatic hydroxyl groups is 1. The van der Waals surface area contributed by atoms with Gasteiger partial charge in [0.15, 0.2) is 0 Å². The molecule has 2 rings (SSSR count). The second kappa shape index (κ2) is 7.46. The molecule has 126 valence electrons. The first kappa shape index (κ1) is 17.3. The highest BCUT2D eigenvalue weighted by atomic mass is 16.5. The molecule has 0 unspecified atom stereocenters. The summed E-state index contributed by atoms with van der Waals surface area (Å²) in [5, 5.41) is 9.95. The summed E-state index contributed by atoms with van der Waals surface area (Å²) in [5.74, 6) is 0.385. The third kappa shape index (κ3) is 4.22. The van der Waals surface area contributed by atoms with Gasteiger partial charge in [0.2, 0.25) is 5.91 Å². The number of benzene rings is 1.